The fourth-order valence-corrected chi connectivity index (χ4v) is 5.66. The maximum Gasteiger partial charge on any atom is 0.150 e. The molecule has 5 rings (SSSR count). The first-order valence-corrected chi connectivity index (χ1v) is 8.32. The molecule has 20 heavy (non-hydrogen) atoms. The molecule has 1 atom stereocenters. The van der Waals surface area contributed by atoms with Crippen molar-refractivity contribution in [3.8, 4) is 0 Å². The van der Waals surface area contributed by atoms with E-state index in [0.29, 0.717) is 6.04 Å². The third-order valence-electron chi connectivity index (χ3n) is 6.14. The molecule has 4 aliphatic rings. The van der Waals surface area contributed by atoms with E-state index in [1.54, 1.807) is 0 Å². The van der Waals surface area contributed by atoms with Crippen LogP contribution in [0.5, 0.6) is 0 Å². The van der Waals surface area contributed by atoms with Gasteiger partial charge in [0.05, 0.1) is 0 Å². The molecule has 4 nitrogen and oxygen atoms in total. The van der Waals surface area contributed by atoms with E-state index in [1.807, 2.05) is 6.92 Å². The van der Waals surface area contributed by atoms with Crippen LogP contribution in [0.2, 0.25) is 0 Å². The number of hydrogen-bond donors (Lipinski definition) is 2. The molecule has 0 radical (unpaired) electrons. The number of nitrogens with two attached hydrogens (primary N) is 1. The Morgan fingerprint density at radius 2 is 1.80 bits per heavy atom. The van der Waals surface area contributed by atoms with Crippen molar-refractivity contribution >= 4 is 0 Å². The smallest absolute Gasteiger partial charge is 0.150 e. The molecular weight excluding hydrogens is 248 g/mol. The summed E-state index contributed by atoms with van der Waals surface area (Å²) in [5.74, 6) is 6.55. The number of nitrogens with one attached hydrogen (secondary N) is 1. The molecule has 0 amide bonds. The molecule has 1 aromatic heterocycles. The topological polar surface area (TPSA) is 67.6 Å². The van der Waals surface area contributed by atoms with Crippen LogP contribution in [-0.4, -0.2) is 21.2 Å². The minimum atomic E-state index is 0.351. The molecule has 3 N–H and O–H groups in total. The van der Waals surface area contributed by atoms with Crippen LogP contribution in [0.4, 0.5) is 0 Å². The van der Waals surface area contributed by atoms with E-state index in [2.05, 4.69) is 15.2 Å². The average molecular weight is 274 g/mol. The van der Waals surface area contributed by atoms with Crippen molar-refractivity contribution in [2.45, 2.75) is 57.9 Å². The summed E-state index contributed by atoms with van der Waals surface area (Å²) in [6, 6.07) is 0.351. The van der Waals surface area contributed by atoms with Gasteiger partial charge in [0.2, 0.25) is 0 Å². The predicted molar refractivity (Wildman–Crippen MR) is 78.0 cm³/mol. The average Bonchev–Trinajstić information content (AvgIpc) is 2.81. The van der Waals surface area contributed by atoms with Gasteiger partial charge in [0.25, 0.3) is 0 Å². The summed E-state index contributed by atoms with van der Waals surface area (Å²) >= 11 is 0. The maximum absolute atomic E-state index is 6.59. The molecule has 4 saturated carbocycles. The summed E-state index contributed by atoms with van der Waals surface area (Å²) in [6.07, 6.45) is 9.34. The Morgan fingerprint density at radius 1 is 1.15 bits per heavy atom. The second-order valence-corrected chi connectivity index (χ2v) is 7.55. The Morgan fingerprint density at radius 3 is 2.35 bits per heavy atom. The first kappa shape index (κ1) is 12.8. The molecule has 0 saturated heterocycles. The lowest BCUT2D eigenvalue weighted by atomic mass is 9.50. The molecule has 4 heteroatoms. The summed E-state index contributed by atoms with van der Waals surface area (Å²) in [7, 11) is 0. The van der Waals surface area contributed by atoms with Crippen molar-refractivity contribution in [3.63, 3.8) is 0 Å². The second kappa shape index (κ2) is 4.83. The van der Waals surface area contributed by atoms with Gasteiger partial charge in [-0.05, 0) is 75.0 Å². The molecule has 1 aromatic rings. The van der Waals surface area contributed by atoms with Gasteiger partial charge in [-0.2, -0.15) is 5.10 Å². The summed E-state index contributed by atoms with van der Waals surface area (Å²) < 4.78 is 0. The quantitative estimate of drug-likeness (QED) is 0.886. The first-order valence-electron chi connectivity index (χ1n) is 8.32. The summed E-state index contributed by atoms with van der Waals surface area (Å²) in [5, 5.41) is 7.15. The molecule has 0 aliphatic heterocycles. The van der Waals surface area contributed by atoms with E-state index in [4.69, 9.17) is 5.73 Å². The van der Waals surface area contributed by atoms with Crippen molar-refractivity contribution in [3.05, 3.63) is 11.6 Å². The van der Waals surface area contributed by atoms with Crippen LogP contribution in [0.1, 0.15) is 50.2 Å². The Bertz CT molecular complexity index is 453. The lowest BCUT2D eigenvalue weighted by molar-refractivity contribution is -0.0475. The molecule has 1 unspecified atom stereocenters. The minimum absolute atomic E-state index is 0.351. The van der Waals surface area contributed by atoms with E-state index in [0.717, 1.165) is 54.1 Å². The fourth-order valence-electron chi connectivity index (χ4n) is 5.66. The maximum atomic E-state index is 6.59. The van der Waals surface area contributed by atoms with Gasteiger partial charge in [0.1, 0.15) is 5.82 Å². The molecule has 4 fully saturated rings. The highest BCUT2D eigenvalue weighted by Crippen LogP contribution is 2.57. The van der Waals surface area contributed by atoms with E-state index >= 15 is 0 Å². The van der Waals surface area contributed by atoms with Gasteiger partial charge in [-0.3, -0.25) is 5.10 Å². The third kappa shape index (κ3) is 2.18. The Labute approximate surface area is 120 Å². The molecule has 4 bridgehead atoms. The third-order valence-corrected chi connectivity index (χ3v) is 6.14. The van der Waals surface area contributed by atoms with Crippen LogP contribution in [0.15, 0.2) is 0 Å². The normalized spacial score (nSPS) is 40.2. The highest BCUT2D eigenvalue weighted by Gasteiger charge is 2.49. The van der Waals surface area contributed by atoms with E-state index in [1.165, 1.54) is 32.1 Å². The highest BCUT2D eigenvalue weighted by atomic mass is 15.2. The van der Waals surface area contributed by atoms with Crippen molar-refractivity contribution in [2.75, 3.05) is 0 Å². The summed E-state index contributed by atoms with van der Waals surface area (Å²) in [4.78, 5) is 4.40. The fraction of sp³-hybridized carbons (Fsp3) is 0.875. The van der Waals surface area contributed by atoms with Gasteiger partial charge in [0, 0.05) is 12.5 Å². The number of aryl methyl sites for hydroxylation is 2. The number of nitrogens with zero attached hydrogens (tertiary/aromatic N) is 2. The van der Waals surface area contributed by atoms with E-state index in [-0.39, 0.29) is 0 Å². The molecule has 0 spiro atoms. The number of aromatic amines is 1. The van der Waals surface area contributed by atoms with Crippen molar-refractivity contribution in [1.29, 1.82) is 0 Å². The monoisotopic (exact) mass is 274 g/mol. The first-order chi connectivity index (χ1) is 9.69. The molecule has 1 heterocycles. The molecule has 4 aliphatic carbocycles. The van der Waals surface area contributed by atoms with Gasteiger partial charge in [0.15, 0.2) is 5.82 Å². The highest BCUT2D eigenvalue weighted by molar-refractivity contribution is 5.01. The lowest BCUT2D eigenvalue weighted by Gasteiger charge is -2.56. The second-order valence-electron chi connectivity index (χ2n) is 7.55. The standard InChI is InChI=1S/C16H26N4/c1-9-18-15(20-19-9)3-2-14(17)16-12-5-10-4-11(7-12)8-13(16)6-10/h10-14,16H,2-8,17H2,1H3,(H,18,19,20). The largest absolute Gasteiger partial charge is 0.327 e. The van der Waals surface area contributed by atoms with Gasteiger partial charge in [-0.1, -0.05) is 0 Å². The number of rotatable bonds is 4. The van der Waals surface area contributed by atoms with Gasteiger partial charge < -0.3 is 5.73 Å². The van der Waals surface area contributed by atoms with Gasteiger partial charge >= 0.3 is 0 Å². The van der Waals surface area contributed by atoms with Crippen molar-refractivity contribution in [1.82, 2.24) is 15.2 Å². The zero-order valence-corrected chi connectivity index (χ0v) is 12.4. The predicted octanol–water partition coefficient (Wildman–Crippen LogP) is 2.45. The number of H-pyrrole nitrogens is 1. The Kier molecular flexibility index (Phi) is 3.09. The Balaban J connectivity index is 1.40. The number of hydrogen-bond acceptors (Lipinski definition) is 3. The van der Waals surface area contributed by atoms with E-state index in [9.17, 15) is 0 Å². The number of aromatic nitrogens is 3. The molecule has 110 valence electrons. The zero-order chi connectivity index (χ0) is 13.7. The van der Waals surface area contributed by atoms with Crippen molar-refractivity contribution < 1.29 is 0 Å². The SMILES string of the molecule is Cc1nc(CCC(N)C2C3CC4CC(C3)CC2C4)n[nH]1. The zero-order valence-electron chi connectivity index (χ0n) is 12.4. The van der Waals surface area contributed by atoms with Gasteiger partial charge in [-0.25, -0.2) is 4.98 Å². The Hall–Kier alpha value is -0.900. The van der Waals surface area contributed by atoms with Crippen LogP contribution in [-0.2, 0) is 6.42 Å². The minimum Gasteiger partial charge on any atom is -0.327 e. The molecule has 0 aromatic carbocycles. The summed E-state index contributed by atoms with van der Waals surface area (Å²) in [5.41, 5.74) is 6.59. The summed E-state index contributed by atoms with van der Waals surface area (Å²) in [6.45, 7) is 1.95. The van der Waals surface area contributed by atoms with Crippen LogP contribution < -0.4 is 5.73 Å². The van der Waals surface area contributed by atoms with E-state index < -0.39 is 0 Å². The lowest BCUT2D eigenvalue weighted by Crippen LogP contribution is -2.51. The van der Waals surface area contributed by atoms with Crippen LogP contribution in [0, 0.1) is 36.5 Å². The van der Waals surface area contributed by atoms with Crippen LogP contribution in [0.25, 0.3) is 0 Å². The van der Waals surface area contributed by atoms with Crippen LogP contribution in [0.3, 0.4) is 0 Å². The molecular formula is C16H26N4. The van der Waals surface area contributed by atoms with Crippen molar-refractivity contribution in [2.24, 2.45) is 35.3 Å². The van der Waals surface area contributed by atoms with Gasteiger partial charge in [-0.15, -0.1) is 0 Å². The van der Waals surface area contributed by atoms with Crippen LogP contribution >= 0.6 is 0 Å².